The highest BCUT2D eigenvalue weighted by molar-refractivity contribution is 5.96. The van der Waals surface area contributed by atoms with E-state index in [2.05, 4.69) is 4.98 Å². The smallest absolute Gasteiger partial charge is 0.415 e. The first-order valence-corrected chi connectivity index (χ1v) is 11.5. The van der Waals surface area contributed by atoms with Crippen LogP contribution in [0.1, 0.15) is 28.0 Å². The van der Waals surface area contributed by atoms with Gasteiger partial charge in [0.25, 0.3) is 5.91 Å². The summed E-state index contributed by atoms with van der Waals surface area (Å²) in [6, 6.07) is 18.5. The molecule has 0 N–H and O–H groups in total. The predicted octanol–water partition coefficient (Wildman–Crippen LogP) is 4.22. The summed E-state index contributed by atoms with van der Waals surface area (Å²) in [5, 5.41) is 0. The molecule has 2 amide bonds. The first-order valence-electron chi connectivity index (χ1n) is 11.5. The number of ether oxygens (including phenoxy) is 3. The van der Waals surface area contributed by atoms with Crippen LogP contribution in [0.15, 0.2) is 66.9 Å². The molecule has 0 aliphatic carbocycles. The maximum atomic E-state index is 13.3. The van der Waals surface area contributed by atoms with Crippen molar-refractivity contribution >= 4 is 17.7 Å². The molecule has 5 rings (SSSR count). The van der Waals surface area contributed by atoms with Gasteiger partial charge < -0.3 is 19.1 Å². The lowest BCUT2D eigenvalue weighted by atomic mass is 10.0. The topological polar surface area (TPSA) is 81.2 Å². The molecule has 1 atom stereocenters. The molecule has 8 heteroatoms. The number of pyridine rings is 1. The van der Waals surface area contributed by atoms with Crippen molar-refractivity contribution in [2.75, 3.05) is 31.6 Å². The summed E-state index contributed by atoms with van der Waals surface area (Å²) in [6.45, 7) is 3.52. The van der Waals surface area contributed by atoms with Crippen LogP contribution in [0.2, 0.25) is 0 Å². The molecule has 2 aliphatic heterocycles. The number of benzene rings is 2. The third-order valence-electron chi connectivity index (χ3n) is 6.43. The van der Waals surface area contributed by atoms with E-state index in [1.807, 2.05) is 49.4 Å². The molecule has 3 heterocycles. The number of anilines is 1. The fourth-order valence-electron chi connectivity index (χ4n) is 4.52. The van der Waals surface area contributed by atoms with Crippen molar-refractivity contribution in [3.63, 3.8) is 0 Å². The Hall–Kier alpha value is -4.07. The molecule has 1 unspecified atom stereocenters. The van der Waals surface area contributed by atoms with Gasteiger partial charge >= 0.3 is 6.09 Å². The lowest BCUT2D eigenvalue weighted by Gasteiger charge is -2.22. The summed E-state index contributed by atoms with van der Waals surface area (Å²) in [5.74, 6) is 0.863. The number of aryl methyl sites for hydroxylation is 1. The quantitative estimate of drug-likeness (QED) is 0.533. The standard InChI is InChI=1S/C27H27N3O5/c1-19-6-9-22(10-7-19)30-18-27(35-26(30)32)12-14-29(17-27)25(31)20-8-11-23(33-2)24(15-20)34-16-21-5-3-4-13-28-21/h3-11,13,15H,12,14,16-18H2,1-2H3. The van der Waals surface area contributed by atoms with Gasteiger partial charge in [-0.1, -0.05) is 23.8 Å². The van der Waals surface area contributed by atoms with Crippen LogP contribution in [0.3, 0.4) is 0 Å². The van der Waals surface area contributed by atoms with Gasteiger partial charge in [-0.15, -0.1) is 0 Å². The molecule has 8 nitrogen and oxygen atoms in total. The summed E-state index contributed by atoms with van der Waals surface area (Å²) in [5.41, 5.74) is 2.47. The van der Waals surface area contributed by atoms with Crippen LogP contribution in [0.5, 0.6) is 11.5 Å². The van der Waals surface area contributed by atoms with Crippen LogP contribution in [0.25, 0.3) is 0 Å². The number of carbonyl (C=O) groups excluding carboxylic acids is 2. The molecule has 2 fully saturated rings. The van der Waals surface area contributed by atoms with E-state index < -0.39 is 5.60 Å². The van der Waals surface area contributed by atoms with E-state index in [1.165, 1.54) is 0 Å². The number of amides is 2. The molecule has 1 aromatic heterocycles. The first-order chi connectivity index (χ1) is 17.0. The number of rotatable bonds is 6. The third-order valence-corrected chi connectivity index (χ3v) is 6.43. The highest BCUT2D eigenvalue weighted by atomic mass is 16.6. The van der Waals surface area contributed by atoms with Gasteiger partial charge in [-0.3, -0.25) is 14.7 Å². The minimum atomic E-state index is -0.706. The Bertz CT molecular complexity index is 1230. The Morgan fingerprint density at radius 1 is 1.09 bits per heavy atom. The van der Waals surface area contributed by atoms with Crippen molar-refractivity contribution < 1.29 is 23.8 Å². The van der Waals surface area contributed by atoms with E-state index in [9.17, 15) is 9.59 Å². The molecule has 2 saturated heterocycles. The summed E-state index contributed by atoms with van der Waals surface area (Å²) in [4.78, 5) is 33.6. The minimum Gasteiger partial charge on any atom is -0.493 e. The molecular weight excluding hydrogens is 446 g/mol. The van der Waals surface area contributed by atoms with E-state index in [0.29, 0.717) is 43.1 Å². The van der Waals surface area contributed by atoms with Crippen LogP contribution >= 0.6 is 0 Å². The van der Waals surface area contributed by atoms with Gasteiger partial charge in [-0.25, -0.2) is 4.79 Å². The predicted molar refractivity (Wildman–Crippen MR) is 130 cm³/mol. The second-order valence-electron chi connectivity index (χ2n) is 8.92. The van der Waals surface area contributed by atoms with Crippen LogP contribution in [0.4, 0.5) is 10.5 Å². The molecule has 2 aromatic carbocycles. The monoisotopic (exact) mass is 473 g/mol. The van der Waals surface area contributed by atoms with Crippen molar-refractivity contribution in [1.82, 2.24) is 9.88 Å². The SMILES string of the molecule is COc1ccc(C(=O)N2CCC3(C2)CN(c2ccc(C)cc2)C(=O)O3)cc1OCc1ccccn1. The zero-order valence-corrected chi connectivity index (χ0v) is 19.8. The number of methoxy groups -OCH3 is 1. The molecule has 2 aliphatic rings. The maximum absolute atomic E-state index is 13.3. The molecule has 180 valence electrons. The number of aromatic nitrogens is 1. The fourth-order valence-corrected chi connectivity index (χ4v) is 4.52. The van der Waals surface area contributed by atoms with Crippen LogP contribution in [-0.4, -0.2) is 54.2 Å². The first kappa shape index (κ1) is 22.7. The number of hydrogen-bond acceptors (Lipinski definition) is 6. The highest BCUT2D eigenvalue weighted by Gasteiger charge is 2.51. The lowest BCUT2D eigenvalue weighted by Crippen LogP contribution is -2.39. The normalized spacial score (nSPS) is 19.2. The number of hydrogen-bond donors (Lipinski definition) is 0. The van der Waals surface area contributed by atoms with Crippen LogP contribution < -0.4 is 14.4 Å². The average molecular weight is 474 g/mol. The third kappa shape index (κ3) is 4.64. The van der Waals surface area contributed by atoms with Crippen molar-refractivity contribution in [1.29, 1.82) is 0 Å². The number of nitrogens with zero attached hydrogens (tertiary/aromatic N) is 3. The second kappa shape index (κ2) is 9.29. The zero-order chi connectivity index (χ0) is 24.4. The molecule has 0 bridgehead atoms. The van der Waals surface area contributed by atoms with Gasteiger partial charge in [0.15, 0.2) is 17.1 Å². The molecule has 0 saturated carbocycles. The Labute approximate surface area is 204 Å². The Morgan fingerprint density at radius 2 is 1.91 bits per heavy atom. The van der Waals surface area contributed by atoms with Gasteiger partial charge in [-0.2, -0.15) is 0 Å². The Kier molecular flexibility index (Phi) is 6.03. The summed E-state index contributed by atoms with van der Waals surface area (Å²) in [6.07, 6.45) is 1.92. The van der Waals surface area contributed by atoms with E-state index in [0.717, 1.165) is 16.9 Å². The van der Waals surface area contributed by atoms with E-state index >= 15 is 0 Å². The number of likely N-dealkylation sites (tertiary alicyclic amines) is 1. The van der Waals surface area contributed by atoms with Gasteiger partial charge in [0.1, 0.15) is 6.61 Å². The maximum Gasteiger partial charge on any atom is 0.415 e. The van der Waals surface area contributed by atoms with Crippen molar-refractivity contribution in [3.8, 4) is 11.5 Å². The highest BCUT2D eigenvalue weighted by Crippen LogP contribution is 2.36. The van der Waals surface area contributed by atoms with E-state index in [-0.39, 0.29) is 18.6 Å². The largest absolute Gasteiger partial charge is 0.493 e. The fraction of sp³-hybridized carbons (Fsp3) is 0.296. The number of carbonyl (C=O) groups is 2. The zero-order valence-electron chi connectivity index (χ0n) is 19.8. The average Bonchev–Trinajstić information content (AvgIpc) is 3.45. The van der Waals surface area contributed by atoms with Crippen molar-refractivity contribution in [3.05, 3.63) is 83.7 Å². The van der Waals surface area contributed by atoms with Crippen LogP contribution in [0, 0.1) is 6.92 Å². The summed E-state index contributed by atoms with van der Waals surface area (Å²) >= 11 is 0. The summed E-state index contributed by atoms with van der Waals surface area (Å²) in [7, 11) is 1.56. The second-order valence-corrected chi connectivity index (χ2v) is 8.92. The molecule has 35 heavy (non-hydrogen) atoms. The van der Waals surface area contributed by atoms with E-state index in [4.69, 9.17) is 14.2 Å². The van der Waals surface area contributed by atoms with Crippen molar-refractivity contribution in [2.45, 2.75) is 25.6 Å². The minimum absolute atomic E-state index is 0.142. The summed E-state index contributed by atoms with van der Waals surface area (Å²) < 4.78 is 17.1. The van der Waals surface area contributed by atoms with Gasteiger partial charge in [0.2, 0.25) is 0 Å². The van der Waals surface area contributed by atoms with Crippen LogP contribution in [-0.2, 0) is 11.3 Å². The Morgan fingerprint density at radius 3 is 2.66 bits per heavy atom. The molecule has 1 spiro atoms. The molecule has 3 aromatic rings. The lowest BCUT2D eigenvalue weighted by molar-refractivity contribution is 0.0553. The van der Waals surface area contributed by atoms with Gasteiger partial charge in [0.05, 0.1) is 25.9 Å². The van der Waals surface area contributed by atoms with Crippen molar-refractivity contribution in [2.24, 2.45) is 0 Å². The molecule has 0 radical (unpaired) electrons. The Balaban J connectivity index is 1.29. The molecular formula is C27H27N3O5. The van der Waals surface area contributed by atoms with E-state index in [1.54, 1.807) is 41.3 Å². The van der Waals surface area contributed by atoms with Gasteiger partial charge in [-0.05, 0) is 49.4 Å². The van der Waals surface area contributed by atoms with Gasteiger partial charge in [0, 0.05) is 30.4 Å².